The first kappa shape index (κ1) is 16.3. The van der Waals surface area contributed by atoms with Crippen molar-refractivity contribution in [2.24, 2.45) is 5.73 Å². The van der Waals surface area contributed by atoms with Crippen molar-refractivity contribution in [3.05, 3.63) is 28.8 Å². The number of likely N-dealkylation sites (tertiary alicyclic amines) is 1. The van der Waals surface area contributed by atoms with Crippen LogP contribution in [0, 0.1) is 6.92 Å². The summed E-state index contributed by atoms with van der Waals surface area (Å²) in [7, 11) is 0. The van der Waals surface area contributed by atoms with E-state index in [2.05, 4.69) is 17.1 Å². The zero-order valence-corrected chi connectivity index (χ0v) is 13.5. The summed E-state index contributed by atoms with van der Waals surface area (Å²) in [6, 6.07) is 6.28. The number of nitrogens with one attached hydrogen (secondary N) is 1. The van der Waals surface area contributed by atoms with Crippen LogP contribution in [0.15, 0.2) is 18.2 Å². The monoisotopic (exact) mass is 309 g/mol. The van der Waals surface area contributed by atoms with E-state index in [9.17, 15) is 4.79 Å². The lowest BCUT2D eigenvalue weighted by Gasteiger charge is -2.39. The van der Waals surface area contributed by atoms with Gasteiger partial charge in [0.05, 0.1) is 6.54 Å². The summed E-state index contributed by atoms with van der Waals surface area (Å²) in [5, 5.41) is 3.58. The Kier molecular flexibility index (Phi) is 5.62. The third-order valence-electron chi connectivity index (χ3n) is 4.25. The average molecular weight is 310 g/mol. The van der Waals surface area contributed by atoms with E-state index in [0.29, 0.717) is 30.2 Å². The van der Waals surface area contributed by atoms with E-state index >= 15 is 0 Å². The molecule has 5 heteroatoms. The van der Waals surface area contributed by atoms with E-state index in [-0.39, 0.29) is 5.91 Å². The predicted octanol–water partition coefficient (Wildman–Crippen LogP) is 2.79. The molecule has 1 fully saturated rings. The molecule has 2 atom stereocenters. The number of amides is 1. The number of nitrogens with zero attached hydrogens (tertiary/aromatic N) is 1. The molecule has 1 heterocycles. The van der Waals surface area contributed by atoms with Gasteiger partial charge in [-0.05, 0) is 44.4 Å². The van der Waals surface area contributed by atoms with Crippen LogP contribution in [0.25, 0.3) is 0 Å². The molecule has 1 aromatic carbocycles. The Hall–Kier alpha value is -1.10. The second-order valence-electron chi connectivity index (χ2n) is 5.85. The number of hydrogen-bond donors (Lipinski definition) is 2. The van der Waals surface area contributed by atoms with Gasteiger partial charge in [0.25, 0.3) is 0 Å². The van der Waals surface area contributed by atoms with Gasteiger partial charge in [-0.25, -0.2) is 0 Å². The summed E-state index contributed by atoms with van der Waals surface area (Å²) in [6.07, 6.45) is 3.39. The standard InChI is InChI=1S/C16H24ClN3O/c1-11-6-7-13(8-15(11)17)19-16(21)10-20-12(2)4-3-5-14(20)9-18/h6-8,12,14H,3-5,9-10,18H2,1-2H3,(H,19,21). The Morgan fingerprint density at radius 1 is 1.48 bits per heavy atom. The molecule has 0 aliphatic carbocycles. The lowest BCUT2D eigenvalue weighted by molar-refractivity contribution is -0.118. The maximum atomic E-state index is 12.2. The molecule has 4 nitrogen and oxygen atoms in total. The number of anilines is 1. The summed E-state index contributed by atoms with van der Waals surface area (Å²) in [4.78, 5) is 14.5. The van der Waals surface area contributed by atoms with Crippen LogP contribution < -0.4 is 11.1 Å². The highest BCUT2D eigenvalue weighted by molar-refractivity contribution is 6.31. The largest absolute Gasteiger partial charge is 0.329 e. The predicted molar refractivity (Wildman–Crippen MR) is 87.7 cm³/mol. The molecule has 2 unspecified atom stereocenters. The molecule has 1 amide bonds. The van der Waals surface area contributed by atoms with Crippen LogP contribution in [-0.4, -0.2) is 36.0 Å². The van der Waals surface area contributed by atoms with E-state index in [1.54, 1.807) is 6.07 Å². The zero-order chi connectivity index (χ0) is 15.4. The number of aryl methyl sites for hydroxylation is 1. The number of halogens is 1. The van der Waals surface area contributed by atoms with Gasteiger partial charge in [0.1, 0.15) is 0 Å². The van der Waals surface area contributed by atoms with Crippen LogP contribution in [0.4, 0.5) is 5.69 Å². The summed E-state index contributed by atoms with van der Waals surface area (Å²) < 4.78 is 0. The second-order valence-corrected chi connectivity index (χ2v) is 6.26. The Labute approximate surface area is 131 Å². The first-order valence-corrected chi connectivity index (χ1v) is 7.91. The molecule has 0 aromatic heterocycles. The zero-order valence-electron chi connectivity index (χ0n) is 12.7. The highest BCUT2D eigenvalue weighted by Crippen LogP contribution is 2.23. The number of piperidine rings is 1. The molecule has 0 bridgehead atoms. The minimum atomic E-state index is -0.0119. The summed E-state index contributed by atoms with van der Waals surface area (Å²) in [6.45, 7) is 5.09. The van der Waals surface area contributed by atoms with Gasteiger partial charge >= 0.3 is 0 Å². The van der Waals surface area contributed by atoms with Crippen molar-refractivity contribution in [2.75, 3.05) is 18.4 Å². The molecule has 3 N–H and O–H groups in total. The second kappa shape index (κ2) is 7.25. The van der Waals surface area contributed by atoms with Gasteiger partial charge in [0.2, 0.25) is 5.91 Å². The number of carbonyl (C=O) groups excluding carboxylic acids is 1. The van der Waals surface area contributed by atoms with Crippen molar-refractivity contribution in [3.63, 3.8) is 0 Å². The summed E-state index contributed by atoms with van der Waals surface area (Å²) in [5.41, 5.74) is 7.57. The number of hydrogen-bond acceptors (Lipinski definition) is 3. The van der Waals surface area contributed by atoms with Crippen LogP contribution in [-0.2, 0) is 4.79 Å². The van der Waals surface area contributed by atoms with Crippen LogP contribution in [0.1, 0.15) is 31.7 Å². The molecule has 0 saturated carbocycles. The van der Waals surface area contributed by atoms with Gasteiger partial charge < -0.3 is 11.1 Å². The summed E-state index contributed by atoms with van der Waals surface area (Å²) >= 11 is 6.08. The Bertz CT molecular complexity index is 506. The third kappa shape index (κ3) is 4.19. The number of nitrogens with two attached hydrogens (primary N) is 1. The molecule has 116 valence electrons. The molecule has 1 aliphatic heterocycles. The van der Waals surface area contributed by atoms with Crippen LogP contribution in [0.3, 0.4) is 0 Å². The van der Waals surface area contributed by atoms with Gasteiger partial charge in [-0.1, -0.05) is 24.1 Å². The van der Waals surface area contributed by atoms with E-state index in [0.717, 1.165) is 24.1 Å². The molecular weight excluding hydrogens is 286 g/mol. The normalized spacial score (nSPS) is 23.0. The molecular formula is C16H24ClN3O. The SMILES string of the molecule is Cc1ccc(NC(=O)CN2C(C)CCCC2CN)cc1Cl. The van der Waals surface area contributed by atoms with Crippen LogP contribution in [0.2, 0.25) is 5.02 Å². The van der Waals surface area contributed by atoms with Crippen molar-refractivity contribution in [3.8, 4) is 0 Å². The molecule has 0 radical (unpaired) electrons. The first-order valence-electron chi connectivity index (χ1n) is 7.53. The molecule has 1 aromatic rings. The van der Waals surface area contributed by atoms with Crippen molar-refractivity contribution in [1.82, 2.24) is 4.90 Å². The van der Waals surface area contributed by atoms with E-state index in [1.807, 2.05) is 19.1 Å². The smallest absolute Gasteiger partial charge is 0.238 e. The fourth-order valence-corrected chi connectivity index (χ4v) is 3.10. The van der Waals surface area contributed by atoms with E-state index in [4.69, 9.17) is 17.3 Å². The van der Waals surface area contributed by atoms with Gasteiger partial charge in [-0.15, -0.1) is 0 Å². The fraction of sp³-hybridized carbons (Fsp3) is 0.562. The van der Waals surface area contributed by atoms with Crippen molar-refractivity contribution in [2.45, 2.75) is 45.2 Å². The van der Waals surface area contributed by atoms with E-state index < -0.39 is 0 Å². The molecule has 1 aliphatic rings. The van der Waals surface area contributed by atoms with Crippen molar-refractivity contribution >= 4 is 23.2 Å². The third-order valence-corrected chi connectivity index (χ3v) is 4.66. The minimum Gasteiger partial charge on any atom is -0.329 e. The van der Waals surface area contributed by atoms with Crippen molar-refractivity contribution in [1.29, 1.82) is 0 Å². The molecule has 0 spiro atoms. The lowest BCUT2D eigenvalue weighted by atomic mass is 9.96. The fourth-order valence-electron chi connectivity index (χ4n) is 2.92. The Morgan fingerprint density at radius 3 is 2.90 bits per heavy atom. The summed E-state index contributed by atoms with van der Waals surface area (Å²) in [5.74, 6) is -0.0119. The highest BCUT2D eigenvalue weighted by Gasteiger charge is 2.28. The maximum Gasteiger partial charge on any atom is 0.238 e. The van der Waals surface area contributed by atoms with Crippen LogP contribution in [0.5, 0.6) is 0 Å². The number of rotatable bonds is 4. The van der Waals surface area contributed by atoms with Gasteiger partial charge in [0, 0.05) is 29.3 Å². The maximum absolute atomic E-state index is 12.2. The van der Waals surface area contributed by atoms with E-state index in [1.165, 1.54) is 6.42 Å². The van der Waals surface area contributed by atoms with Gasteiger partial charge in [0.15, 0.2) is 0 Å². The Balaban J connectivity index is 1.98. The topological polar surface area (TPSA) is 58.4 Å². The molecule has 1 saturated heterocycles. The number of benzene rings is 1. The quantitative estimate of drug-likeness (QED) is 0.899. The van der Waals surface area contributed by atoms with Gasteiger partial charge in [-0.2, -0.15) is 0 Å². The highest BCUT2D eigenvalue weighted by atomic mass is 35.5. The average Bonchev–Trinajstić information content (AvgIpc) is 2.45. The Morgan fingerprint density at radius 2 is 2.24 bits per heavy atom. The van der Waals surface area contributed by atoms with Crippen molar-refractivity contribution < 1.29 is 4.79 Å². The van der Waals surface area contributed by atoms with Gasteiger partial charge in [-0.3, -0.25) is 9.69 Å². The number of carbonyl (C=O) groups is 1. The first-order chi connectivity index (χ1) is 10.0. The molecule has 21 heavy (non-hydrogen) atoms. The lowest BCUT2D eigenvalue weighted by Crippen LogP contribution is -2.51. The molecule has 2 rings (SSSR count). The minimum absolute atomic E-state index is 0.0119. The van der Waals surface area contributed by atoms with Crippen LogP contribution >= 0.6 is 11.6 Å².